The minimum absolute atomic E-state index is 0.0100. The van der Waals surface area contributed by atoms with Crippen LogP contribution in [0.5, 0.6) is 0 Å². The van der Waals surface area contributed by atoms with E-state index in [4.69, 9.17) is 23.2 Å². The fraction of sp³-hybridized carbons (Fsp3) is 0.235. The lowest BCUT2D eigenvalue weighted by Gasteiger charge is -2.22. The van der Waals surface area contributed by atoms with Crippen LogP contribution in [0.1, 0.15) is 12.8 Å². The molecule has 0 aliphatic carbocycles. The van der Waals surface area contributed by atoms with Crippen LogP contribution in [0.4, 0.5) is 20.2 Å². The van der Waals surface area contributed by atoms with Gasteiger partial charge in [-0.2, -0.15) is 0 Å². The first kappa shape index (κ1) is 21.4. The molecule has 0 saturated carbocycles. The second-order valence-electron chi connectivity index (χ2n) is 5.71. The van der Waals surface area contributed by atoms with Crippen LogP contribution in [0.2, 0.25) is 10.0 Å². The molecular weight excluding hydrogens is 421 g/mol. The van der Waals surface area contributed by atoms with Crippen molar-refractivity contribution in [3.8, 4) is 0 Å². The zero-order valence-electron chi connectivity index (χ0n) is 14.2. The third-order valence-corrected chi connectivity index (χ3v) is 5.49. The number of halogens is 4. The maximum atomic E-state index is 13.5. The molecule has 1 N–H and O–H groups in total. The number of rotatable bonds is 7. The van der Waals surface area contributed by atoms with E-state index < -0.39 is 27.6 Å². The Labute approximate surface area is 165 Å². The van der Waals surface area contributed by atoms with E-state index in [9.17, 15) is 22.0 Å². The van der Waals surface area contributed by atoms with Crippen molar-refractivity contribution in [2.24, 2.45) is 0 Å². The van der Waals surface area contributed by atoms with Gasteiger partial charge in [0.1, 0.15) is 11.6 Å². The van der Waals surface area contributed by atoms with Gasteiger partial charge in [-0.3, -0.25) is 9.10 Å². The van der Waals surface area contributed by atoms with Gasteiger partial charge in [0.25, 0.3) is 0 Å². The highest BCUT2D eigenvalue weighted by Crippen LogP contribution is 2.28. The first-order valence-corrected chi connectivity index (χ1v) is 10.4. The van der Waals surface area contributed by atoms with Crippen LogP contribution in [0.15, 0.2) is 36.4 Å². The molecule has 0 spiro atoms. The van der Waals surface area contributed by atoms with E-state index in [2.05, 4.69) is 5.32 Å². The van der Waals surface area contributed by atoms with E-state index >= 15 is 0 Å². The number of hydrogen-bond donors (Lipinski definition) is 1. The van der Waals surface area contributed by atoms with Crippen LogP contribution in [0.25, 0.3) is 0 Å². The first-order chi connectivity index (χ1) is 12.6. The molecule has 0 aromatic heterocycles. The van der Waals surface area contributed by atoms with Gasteiger partial charge < -0.3 is 5.32 Å². The number of amides is 1. The topological polar surface area (TPSA) is 66.5 Å². The summed E-state index contributed by atoms with van der Waals surface area (Å²) in [5.41, 5.74) is 0.169. The summed E-state index contributed by atoms with van der Waals surface area (Å²) < 4.78 is 51.6. The second kappa shape index (κ2) is 8.86. The van der Waals surface area contributed by atoms with Gasteiger partial charge in [-0.1, -0.05) is 23.2 Å². The van der Waals surface area contributed by atoms with Crippen LogP contribution in [-0.2, 0) is 14.8 Å². The SMILES string of the molecule is CS(=O)(=O)N(CCCC(=O)Nc1ccc(F)cc1F)c1ccc(Cl)c(Cl)c1. The summed E-state index contributed by atoms with van der Waals surface area (Å²) in [5, 5.41) is 2.81. The molecule has 5 nitrogen and oxygen atoms in total. The molecule has 2 rings (SSSR count). The molecule has 0 fully saturated rings. The largest absolute Gasteiger partial charge is 0.324 e. The average Bonchev–Trinajstić information content (AvgIpc) is 2.56. The van der Waals surface area contributed by atoms with E-state index in [0.29, 0.717) is 11.8 Å². The van der Waals surface area contributed by atoms with Crippen molar-refractivity contribution in [3.63, 3.8) is 0 Å². The Balaban J connectivity index is 2.01. The molecule has 0 atom stereocenters. The lowest BCUT2D eigenvalue weighted by atomic mass is 10.2. The van der Waals surface area contributed by atoms with Gasteiger partial charge in [-0.05, 0) is 36.8 Å². The molecule has 0 aliphatic heterocycles. The highest BCUT2D eigenvalue weighted by Gasteiger charge is 2.19. The quantitative estimate of drug-likeness (QED) is 0.696. The Morgan fingerprint density at radius 3 is 2.41 bits per heavy atom. The van der Waals surface area contributed by atoms with Gasteiger partial charge in [0.05, 0.1) is 27.7 Å². The number of benzene rings is 2. The van der Waals surface area contributed by atoms with Crippen molar-refractivity contribution in [1.29, 1.82) is 0 Å². The fourth-order valence-electron chi connectivity index (χ4n) is 2.31. The number of carbonyl (C=O) groups is 1. The summed E-state index contributed by atoms with van der Waals surface area (Å²) in [6.07, 6.45) is 1.13. The molecule has 0 aliphatic rings. The molecule has 10 heteroatoms. The molecule has 0 unspecified atom stereocenters. The predicted molar refractivity (Wildman–Crippen MR) is 103 cm³/mol. The van der Waals surface area contributed by atoms with Gasteiger partial charge in [0.2, 0.25) is 15.9 Å². The first-order valence-electron chi connectivity index (χ1n) is 7.75. The summed E-state index contributed by atoms with van der Waals surface area (Å²) in [5.74, 6) is -2.17. The molecule has 0 saturated heterocycles. The molecular formula is C17H16Cl2F2N2O3S. The van der Waals surface area contributed by atoms with Crippen molar-refractivity contribution in [2.75, 3.05) is 22.4 Å². The summed E-state index contributed by atoms with van der Waals surface area (Å²) in [6.45, 7) is 0.0100. The minimum Gasteiger partial charge on any atom is -0.324 e. The van der Waals surface area contributed by atoms with Crippen molar-refractivity contribution in [2.45, 2.75) is 12.8 Å². The monoisotopic (exact) mass is 436 g/mol. The number of carbonyl (C=O) groups excluding carboxylic acids is 1. The maximum Gasteiger partial charge on any atom is 0.232 e. The lowest BCUT2D eigenvalue weighted by Crippen LogP contribution is -2.31. The summed E-state index contributed by atoms with van der Waals surface area (Å²) >= 11 is 11.8. The molecule has 0 radical (unpaired) electrons. The van der Waals surface area contributed by atoms with Gasteiger partial charge in [0.15, 0.2) is 0 Å². The Morgan fingerprint density at radius 2 is 1.81 bits per heavy atom. The predicted octanol–water partition coefficient (Wildman–Crippen LogP) is 4.46. The molecule has 2 aromatic rings. The normalized spacial score (nSPS) is 11.3. The third kappa shape index (κ3) is 6.05. The molecule has 27 heavy (non-hydrogen) atoms. The van der Waals surface area contributed by atoms with E-state index in [0.717, 1.165) is 22.7 Å². The van der Waals surface area contributed by atoms with Crippen LogP contribution in [0, 0.1) is 11.6 Å². The smallest absolute Gasteiger partial charge is 0.232 e. The number of sulfonamides is 1. The summed E-state index contributed by atoms with van der Waals surface area (Å²) in [6, 6.07) is 7.18. The van der Waals surface area contributed by atoms with Gasteiger partial charge in [0, 0.05) is 19.0 Å². The van der Waals surface area contributed by atoms with Crippen molar-refractivity contribution < 1.29 is 22.0 Å². The molecule has 2 aromatic carbocycles. The fourth-order valence-corrected chi connectivity index (χ4v) is 3.56. The highest BCUT2D eigenvalue weighted by atomic mass is 35.5. The van der Waals surface area contributed by atoms with Gasteiger partial charge in [-0.25, -0.2) is 17.2 Å². The van der Waals surface area contributed by atoms with E-state index in [1.807, 2.05) is 0 Å². The standard InChI is InChI=1S/C17H16Cl2F2N2O3S/c1-27(25,26)23(12-5-6-13(18)14(19)10-12)8-2-3-17(24)22-16-7-4-11(20)9-15(16)21/h4-7,9-10H,2-3,8H2,1H3,(H,22,24). The van der Waals surface area contributed by atoms with Gasteiger partial charge >= 0.3 is 0 Å². The second-order valence-corrected chi connectivity index (χ2v) is 8.43. The maximum absolute atomic E-state index is 13.5. The zero-order valence-corrected chi connectivity index (χ0v) is 16.5. The van der Waals surface area contributed by atoms with E-state index in [1.165, 1.54) is 18.2 Å². The number of anilines is 2. The summed E-state index contributed by atoms with van der Waals surface area (Å²) in [4.78, 5) is 11.9. The third-order valence-electron chi connectivity index (χ3n) is 3.56. The van der Waals surface area contributed by atoms with Crippen molar-refractivity contribution >= 4 is 50.5 Å². The Kier molecular flexibility index (Phi) is 7.02. The van der Waals surface area contributed by atoms with E-state index in [1.54, 1.807) is 0 Å². The van der Waals surface area contributed by atoms with Crippen molar-refractivity contribution in [3.05, 3.63) is 58.1 Å². The molecule has 146 valence electrons. The number of hydrogen-bond acceptors (Lipinski definition) is 3. The molecule has 0 heterocycles. The zero-order chi connectivity index (χ0) is 20.2. The minimum atomic E-state index is -3.62. The average molecular weight is 437 g/mol. The van der Waals surface area contributed by atoms with Crippen LogP contribution < -0.4 is 9.62 Å². The molecule has 0 bridgehead atoms. The number of nitrogens with one attached hydrogen (secondary N) is 1. The van der Waals surface area contributed by atoms with Crippen molar-refractivity contribution in [1.82, 2.24) is 0 Å². The Bertz CT molecular complexity index is 955. The van der Waals surface area contributed by atoms with Gasteiger partial charge in [-0.15, -0.1) is 0 Å². The van der Waals surface area contributed by atoms with Crippen LogP contribution >= 0.6 is 23.2 Å². The highest BCUT2D eigenvalue weighted by molar-refractivity contribution is 7.92. The Hall–Kier alpha value is -1.90. The number of nitrogens with zero attached hydrogens (tertiary/aromatic N) is 1. The Morgan fingerprint density at radius 1 is 1.11 bits per heavy atom. The van der Waals surface area contributed by atoms with Crippen LogP contribution in [-0.4, -0.2) is 27.1 Å². The lowest BCUT2D eigenvalue weighted by molar-refractivity contribution is -0.116. The van der Waals surface area contributed by atoms with E-state index in [-0.39, 0.29) is 35.1 Å². The molecule has 1 amide bonds. The summed E-state index contributed by atoms with van der Waals surface area (Å²) in [7, 11) is -3.62. The van der Waals surface area contributed by atoms with Crippen LogP contribution in [0.3, 0.4) is 0 Å².